The highest BCUT2D eigenvalue weighted by Crippen LogP contribution is 2.44. The molecule has 0 fully saturated rings. The largest absolute Gasteiger partial charge is 0.311 e. The van der Waals surface area contributed by atoms with E-state index in [-0.39, 0.29) is 0 Å². The molecule has 0 unspecified atom stereocenters. The number of hydrogen-bond acceptors (Lipinski definition) is 2. The van der Waals surface area contributed by atoms with Crippen LogP contribution in [0.25, 0.3) is 44.2 Å². The smallest absolute Gasteiger partial charge is 0.0546 e. The Morgan fingerprint density at radius 2 is 0.574 bits per heavy atom. The Morgan fingerprint density at radius 3 is 1.06 bits per heavy atom. The molecule has 0 aliphatic heterocycles. The Bertz CT molecular complexity index is 2600. The Hall–Kier alpha value is -7.16. The normalized spacial score (nSPS) is 11.0. The first kappa shape index (κ1) is 32.7. The zero-order chi connectivity index (χ0) is 36.1. The summed E-state index contributed by atoms with van der Waals surface area (Å²) in [7, 11) is 0. The molecule has 0 aliphatic carbocycles. The third-order valence-electron chi connectivity index (χ3n) is 10.1. The summed E-state index contributed by atoms with van der Waals surface area (Å²) in [5.74, 6) is 0. The summed E-state index contributed by atoms with van der Waals surface area (Å²) in [5.41, 5.74) is 13.8. The summed E-state index contributed by atoms with van der Waals surface area (Å²) in [6, 6.07) is 82.4. The van der Waals surface area contributed by atoms with Gasteiger partial charge < -0.3 is 9.80 Å². The lowest BCUT2D eigenvalue weighted by atomic mass is 9.95. The van der Waals surface area contributed by atoms with E-state index in [9.17, 15) is 0 Å². The van der Waals surface area contributed by atoms with Crippen LogP contribution in [0.2, 0.25) is 0 Å². The zero-order valence-electron chi connectivity index (χ0n) is 29.8. The van der Waals surface area contributed by atoms with Crippen molar-refractivity contribution in [2.45, 2.75) is 0 Å². The Morgan fingerprint density at radius 1 is 0.222 bits per heavy atom. The highest BCUT2D eigenvalue weighted by molar-refractivity contribution is 6.08. The number of hydrogen-bond donors (Lipinski definition) is 0. The van der Waals surface area contributed by atoms with E-state index in [1.807, 2.05) is 0 Å². The summed E-state index contributed by atoms with van der Waals surface area (Å²) in [5, 5.41) is 2.40. The Balaban J connectivity index is 1.12. The summed E-state index contributed by atoms with van der Waals surface area (Å²) >= 11 is 0. The first-order chi connectivity index (χ1) is 26.8. The van der Waals surface area contributed by atoms with Crippen molar-refractivity contribution < 1.29 is 0 Å². The molecule has 54 heavy (non-hydrogen) atoms. The van der Waals surface area contributed by atoms with Gasteiger partial charge in [-0.15, -0.1) is 0 Å². The molecule has 0 aromatic heterocycles. The lowest BCUT2D eigenvalue weighted by molar-refractivity contribution is 1.28. The quantitative estimate of drug-likeness (QED) is 0.149. The summed E-state index contributed by atoms with van der Waals surface area (Å²) in [6.07, 6.45) is 0. The topological polar surface area (TPSA) is 6.48 Å². The van der Waals surface area contributed by atoms with Crippen LogP contribution in [0.4, 0.5) is 34.1 Å². The van der Waals surface area contributed by atoms with Crippen LogP contribution >= 0.6 is 0 Å². The molecule has 0 aliphatic rings. The maximum atomic E-state index is 2.38. The van der Waals surface area contributed by atoms with Gasteiger partial charge in [0, 0.05) is 33.8 Å². The van der Waals surface area contributed by atoms with E-state index in [4.69, 9.17) is 0 Å². The highest BCUT2D eigenvalue weighted by atomic mass is 15.1. The molecule has 0 bridgehead atoms. The van der Waals surface area contributed by atoms with Crippen molar-refractivity contribution in [3.8, 4) is 33.4 Å². The summed E-state index contributed by atoms with van der Waals surface area (Å²) in [6.45, 7) is 0. The molecule has 0 N–H and O–H groups in total. The van der Waals surface area contributed by atoms with Gasteiger partial charge in [-0.3, -0.25) is 0 Å². The van der Waals surface area contributed by atoms with Gasteiger partial charge in [-0.2, -0.15) is 0 Å². The van der Waals surface area contributed by atoms with Crippen LogP contribution < -0.4 is 9.80 Å². The van der Waals surface area contributed by atoms with E-state index < -0.39 is 0 Å². The number of rotatable bonds is 9. The zero-order valence-corrected chi connectivity index (χ0v) is 29.8. The number of benzene rings is 9. The second-order valence-corrected chi connectivity index (χ2v) is 13.4. The SMILES string of the molecule is c1ccc(-c2ccc(N(c3ccccc3)c3ccc(-c4cccc5cccc(N(c6ccccc6)c6ccc(-c7ccccc7)cc6)c45)cc3)cc2)cc1. The maximum Gasteiger partial charge on any atom is 0.0546 e. The Labute approximate surface area is 317 Å². The van der Waals surface area contributed by atoms with Crippen LogP contribution in [-0.4, -0.2) is 0 Å². The molecular formula is C52H38N2. The van der Waals surface area contributed by atoms with Crippen LogP contribution in [0, 0.1) is 0 Å². The van der Waals surface area contributed by atoms with Crippen LogP contribution in [-0.2, 0) is 0 Å². The minimum Gasteiger partial charge on any atom is -0.311 e. The average molecular weight is 691 g/mol. The standard InChI is InChI=1S/C52H38N2/c1-5-15-39(16-6-1)41-27-33-47(34-28-41)53(45-21-9-3-10-22-45)48-37-31-43(32-38-48)50-25-13-19-44-20-14-26-51(52(44)50)54(46-23-11-4-12-24-46)49-35-29-42(30-36-49)40-17-7-2-8-18-40/h1-38H. The van der Waals surface area contributed by atoms with Gasteiger partial charge in [0.25, 0.3) is 0 Å². The molecule has 9 aromatic carbocycles. The molecule has 2 heteroatoms. The molecule has 0 saturated heterocycles. The molecule has 0 spiro atoms. The molecule has 256 valence electrons. The third kappa shape index (κ3) is 6.53. The third-order valence-corrected chi connectivity index (χ3v) is 10.1. The minimum absolute atomic E-state index is 1.10. The fraction of sp³-hybridized carbons (Fsp3) is 0. The van der Waals surface area contributed by atoms with Gasteiger partial charge in [-0.25, -0.2) is 0 Å². The van der Waals surface area contributed by atoms with Crippen molar-refractivity contribution in [2.75, 3.05) is 9.80 Å². The number of para-hydroxylation sites is 2. The number of fused-ring (bicyclic) bond motifs is 1. The van der Waals surface area contributed by atoms with Gasteiger partial charge in [-0.1, -0.05) is 164 Å². The van der Waals surface area contributed by atoms with Crippen LogP contribution in [0.15, 0.2) is 231 Å². The van der Waals surface area contributed by atoms with E-state index >= 15 is 0 Å². The summed E-state index contributed by atoms with van der Waals surface area (Å²) < 4.78 is 0. The van der Waals surface area contributed by atoms with E-state index in [1.165, 1.54) is 38.6 Å². The predicted octanol–water partition coefficient (Wildman–Crippen LogP) is 14.8. The van der Waals surface area contributed by atoms with Crippen molar-refractivity contribution in [3.63, 3.8) is 0 Å². The van der Waals surface area contributed by atoms with Gasteiger partial charge in [-0.05, 0) is 105 Å². The van der Waals surface area contributed by atoms with Gasteiger partial charge in [0.2, 0.25) is 0 Å². The number of anilines is 6. The second kappa shape index (κ2) is 14.8. The average Bonchev–Trinajstić information content (AvgIpc) is 3.26. The summed E-state index contributed by atoms with van der Waals surface area (Å²) in [4.78, 5) is 4.70. The van der Waals surface area contributed by atoms with E-state index in [0.29, 0.717) is 0 Å². The van der Waals surface area contributed by atoms with Crippen molar-refractivity contribution in [1.29, 1.82) is 0 Å². The minimum atomic E-state index is 1.10. The molecular weight excluding hydrogens is 653 g/mol. The predicted molar refractivity (Wildman–Crippen MR) is 230 cm³/mol. The van der Waals surface area contributed by atoms with Gasteiger partial charge in [0.15, 0.2) is 0 Å². The molecule has 0 radical (unpaired) electrons. The van der Waals surface area contributed by atoms with Crippen molar-refractivity contribution in [1.82, 2.24) is 0 Å². The maximum absolute atomic E-state index is 2.38. The molecule has 0 amide bonds. The molecule has 0 atom stereocenters. The highest BCUT2D eigenvalue weighted by Gasteiger charge is 2.19. The van der Waals surface area contributed by atoms with Gasteiger partial charge >= 0.3 is 0 Å². The van der Waals surface area contributed by atoms with Crippen molar-refractivity contribution >= 4 is 44.9 Å². The lowest BCUT2D eigenvalue weighted by Gasteiger charge is -2.28. The van der Waals surface area contributed by atoms with E-state index in [1.54, 1.807) is 0 Å². The molecule has 0 saturated carbocycles. The van der Waals surface area contributed by atoms with Crippen molar-refractivity contribution in [3.05, 3.63) is 231 Å². The van der Waals surface area contributed by atoms with Crippen LogP contribution in [0.1, 0.15) is 0 Å². The fourth-order valence-corrected chi connectivity index (χ4v) is 7.43. The van der Waals surface area contributed by atoms with Gasteiger partial charge in [0.1, 0.15) is 0 Å². The molecule has 2 nitrogen and oxygen atoms in total. The first-order valence-electron chi connectivity index (χ1n) is 18.4. The van der Waals surface area contributed by atoms with Crippen molar-refractivity contribution in [2.24, 2.45) is 0 Å². The molecule has 9 rings (SSSR count). The second-order valence-electron chi connectivity index (χ2n) is 13.4. The first-order valence-corrected chi connectivity index (χ1v) is 18.4. The van der Waals surface area contributed by atoms with Gasteiger partial charge in [0.05, 0.1) is 5.69 Å². The van der Waals surface area contributed by atoms with E-state index in [0.717, 1.165) is 39.7 Å². The molecule has 9 aromatic rings. The van der Waals surface area contributed by atoms with Crippen LogP contribution in [0.5, 0.6) is 0 Å². The lowest BCUT2D eigenvalue weighted by Crippen LogP contribution is -2.10. The monoisotopic (exact) mass is 690 g/mol. The van der Waals surface area contributed by atoms with Crippen LogP contribution in [0.3, 0.4) is 0 Å². The number of nitrogens with zero attached hydrogens (tertiary/aromatic N) is 2. The Kier molecular flexibility index (Phi) is 8.99. The molecule has 0 heterocycles. The fourth-order valence-electron chi connectivity index (χ4n) is 7.43. The van der Waals surface area contributed by atoms with E-state index in [2.05, 4.69) is 240 Å².